The van der Waals surface area contributed by atoms with Gasteiger partial charge in [-0.1, -0.05) is 45.0 Å². The molecular weight excluding hydrogens is 592 g/mol. The second-order valence-electron chi connectivity index (χ2n) is 13.1. The molecule has 1 atom stereocenters. The van der Waals surface area contributed by atoms with Crippen LogP contribution in [-0.4, -0.2) is 98.3 Å². The average molecular weight is 637 g/mol. The predicted octanol–water partition coefficient (Wildman–Crippen LogP) is 4.22. The van der Waals surface area contributed by atoms with Crippen molar-refractivity contribution in [1.82, 2.24) is 24.7 Å². The molecule has 3 aromatic rings. The van der Waals surface area contributed by atoms with Crippen molar-refractivity contribution >= 4 is 27.8 Å². The number of amides is 2. The van der Waals surface area contributed by atoms with Gasteiger partial charge in [0.25, 0.3) is 15.9 Å². The molecule has 2 aromatic carbocycles. The Kier molecular flexibility index (Phi) is 10.2. The van der Waals surface area contributed by atoms with Gasteiger partial charge in [0.15, 0.2) is 0 Å². The molecule has 1 aliphatic heterocycles. The summed E-state index contributed by atoms with van der Waals surface area (Å²) in [7, 11) is 1.37. The lowest BCUT2D eigenvalue weighted by molar-refractivity contribution is -0.131. The van der Waals surface area contributed by atoms with E-state index in [9.17, 15) is 18.0 Å². The van der Waals surface area contributed by atoms with Crippen LogP contribution in [0.4, 0.5) is 5.95 Å². The van der Waals surface area contributed by atoms with E-state index in [2.05, 4.69) is 35.5 Å². The summed E-state index contributed by atoms with van der Waals surface area (Å²) in [6.07, 6.45) is 0.505. The largest absolute Gasteiger partial charge is 0.475 e. The van der Waals surface area contributed by atoms with Gasteiger partial charge in [0.2, 0.25) is 17.7 Å². The van der Waals surface area contributed by atoms with Crippen molar-refractivity contribution < 1.29 is 22.7 Å². The standard InChI is InChI=1S/C33H44N6O5S/c1-22-11-9-12-23(2)30(22)27-18-28-35-32(34-27)36-45(42,43)26-14-10-13-24(17-26)31(41)39(25(21-44-28)19-33(3,4)5)20-29(40)38(8)16-15-37(6)7/h9-14,17-18,25H,15-16,19-21H2,1-8H3,(H,34,35,36)/t25-/m1/s1. The number of anilines is 1. The Morgan fingerprint density at radius 3 is 2.33 bits per heavy atom. The van der Waals surface area contributed by atoms with Crippen LogP contribution >= 0.6 is 0 Å². The predicted molar refractivity (Wildman–Crippen MR) is 175 cm³/mol. The van der Waals surface area contributed by atoms with Gasteiger partial charge in [-0.2, -0.15) is 4.98 Å². The highest BCUT2D eigenvalue weighted by Gasteiger charge is 2.33. The molecule has 2 amide bonds. The summed E-state index contributed by atoms with van der Waals surface area (Å²) in [6, 6.07) is 12.8. The quantitative estimate of drug-likeness (QED) is 0.409. The highest BCUT2D eigenvalue weighted by molar-refractivity contribution is 7.92. The van der Waals surface area contributed by atoms with Gasteiger partial charge in [0.05, 0.1) is 16.6 Å². The minimum atomic E-state index is -4.19. The summed E-state index contributed by atoms with van der Waals surface area (Å²) in [6.45, 7) is 11.0. The normalized spacial score (nSPS) is 16.6. The van der Waals surface area contributed by atoms with E-state index in [1.54, 1.807) is 24.1 Å². The third-order valence-corrected chi connectivity index (χ3v) is 8.97. The van der Waals surface area contributed by atoms with E-state index in [1.165, 1.54) is 23.1 Å². The Hall–Kier alpha value is -4.03. The molecule has 12 heteroatoms. The molecule has 11 nitrogen and oxygen atoms in total. The SMILES string of the molecule is Cc1cccc(C)c1-c1cc2nc(n1)NS(=O)(=O)c1cccc(c1)C(=O)N(CC(=O)N(C)CCN(C)C)[C@H](CC(C)(C)C)CO2. The van der Waals surface area contributed by atoms with Crippen molar-refractivity contribution in [3.8, 4) is 17.1 Å². The molecule has 0 unspecified atom stereocenters. The van der Waals surface area contributed by atoms with E-state index in [4.69, 9.17) is 4.74 Å². The highest BCUT2D eigenvalue weighted by atomic mass is 32.2. The van der Waals surface area contributed by atoms with Crippen molar-refractivity contribution in [3.05, 3.63) is 65.2 Å². The van der Waals surface area contributed by atoms with Crippen molar-refractivity contribution in [2.75, 3.05) is 52.1 Å². The number of sulfonamides is 1. The number of carbonyl (C=O) groups is 2. The first-order valence-corrected chi connectivity index (χ1v) is 16.4. The number of benzene rings is 2. The Morgan fingerprint density at radius 2 is 1.69 bits per heavy atom. The molecule has 4 rings (SSSR count). The summed E-state index contributed by atoms with van der Waals surface area (Å²) in [5.41, 5.74) is 3.15. The Bertz CT molecular complexity index is 1650. The Balaban J connectivity index is 1.86. The molecule has 45 heavy (non-hydrogen) atoms. The van der Waals surface area contributed by atoms with Gasteiger partial charge in [0.1, 0.15) is 13.2 Å². The first-order chi connectivity index (χ1) is 21.0. The number of rotatable bonds is 7. The number of fused-ring (bicyclic) bond motifs is 4. The molecule has 0 saturated carbocycles. The number of aromatic nitrogens is 2. The van der Waals surface area contributed by atoms with Crippen LogP contribution in [0.1, 0.15) is 48.7 Å². The third kappa shape index (κ3) is 8.58. The minimum absolute atomic E-state index is 0.0206. The average Bonchev–Trinajstić information content (AvgIpc) is 2.95. The van der Waals surface area contributed by atoms with Crippen LogP contribution in [0.15, 0.2) is 53.4 Å². The molecule has 0 aliphatic carbocycles. The van der Waals surface area contributed by atoms with Gasteiger partial charge < -0.3 is 19.4 Å². The Labute approximate surface area is 266 Å². The Morgan fingerprint density at radius 1 is 1.02 bits per heavy atom. The second-order valence-corrected chi connectivity index (χ2v) is 14.8. The maximum atomic E-state index is 14.2. The fourth-order valence-electron chi connectivity index (χ4n) is 5.29. The molecular formula is C33H44N6O5S. The molecule has 0 fully saturated rings. The zero-order valence-corrected chi connectivity index (χ0v) is 28.2. The van der Waals surface area contributed by atoms with Gasteiger partial charge >= 0.3 is 0 Å². The molecule has 4 bridgehead atoms. The maximum Gasteiger partial charge on any atom is 0.264 e. The zero-order chi connectivity index (χ0) is 33.1. The third-order valence-electron chi connectivity index (χ3n) is 7.64. The van der Waals surface area contributed by atoms with Crippen LogP contribution in [-0.2, 0) is 14.8 Å². The van der Waals surface area contributed by atoms with Crippen molar-refractivity contribution in [1.29, 1.82) is 0 Å². The molecule has 1 N–H and O–H groups in total. The van der Waals surface area contributed by atoms with Crippen LogP contribution in [0.5, 0.6) is 5.88 Å². The van der Waals surface area contributed by atoms with E-state index in [0.29, 0.717) is 25.2 Å². The van der Waals surface area contributed by atoms with Crippen LogP contribution in [0.3, 0.4) is 0 Å². The summed E-state index contributed by atoms with van der Waals surface area (Å²) in [4.78, 5) is 41.6. The minimum Gasteiger partial charge on any atom is -0.475 e. The number of hydrogen-bond acceptors (Lipinski definition) is 8. The van der Waals surface area contributed by atoms with E-state index < -0.39 is 22.0 Å². The van der Waals surface area contributed by atoms with E-state index >= 15 is 0 Å². The van der Waals surface area contributed by atoms with Crippen LogP contribution < -0.4 is 9.46 Å². The zero-order valence-electron chi connectivity index (χ0n) is 27.4. The molecule has 242 valence electrons. The molecule has 0 radical (unpaired) electrons. The summed E-state index contributed by atoms with van der Waals surface area (Å²) in [5.74, 6) is -0.705. The second kappa shape index (κ2) is 13.5. The van der Waals surface area contributed by atoms with Gasteiger partial charge in [-0.25, -0.2) is 18.1 Å². The lowest BCUT2D eigenvalue weighted by Gasteiger charge is -2.36. The number of nitrogens with one attached hydrogen (secondary N) is 1. The number of ether oxygens (including phenoxy) is 1. The molecule has 0 spiro atoms. The lowest BCUT2D eigenvalue weighted by Crippen LogP contribution is -2.50. The van der Waals surface area contributed by atoms with E-state index in [1.807, 2.05) is 51.0 Å². The molecule has 2 heterocycles. The number of aryl methyl sites for hydroxylation is 2. The first kappa shape index (κ1) is 33.9. The highest BCUT2D eigenvalue weighted by Crippen LogP contribution is 2.31. The number of nitrogens with zero attached hydrogens (tertiary/aromatic N) is 5. The van der Waals surface area contributed by atoms with Crippen LogP contribution in [0, 0.1) is 19.3 Å². The van der Waals surface area contributed by atoms with Gasteiger partial charge in [-0.3, -0.25) is 9.59 Å². The molecule has 1 aromatic heterocycles. The summed E-state index contributed by atoms with van der Waals surface area (Å²) < 4.78 is 35.9. The van der Waals surface area contributed by atoms with E-state index in [0.717, 1.165) is 16.7 Å². The fraction of sp³-hybridized carbons (Fsp3) is 0.455. The van der Waals surface area contributed by atoms with Crippen molar-refractivity contribution in [2.24, 2.45) is 5.41 Å². The van der Waals surface area contributed by atoms with Gasteiger partial charge in [-0.05, 0) is 69.1 Å². The van der Waals surface area contributed by atoms with E-state index in [-0.39, 0.29) is 46.8 Å². The maximum absolute atomic E-state index is 14.2. The van der Waals surface area contributed by atoms with Crippen LogP contribution in [0.2, 0.25) is 0 Å². The number of carbonyl (C=O) groups excluding carboxylic acids is 2. The molecule has 1 aliphatic rings. The summed E-state index contributed by atoms with van der Waals surface area (Å²) in [5, 5.41) is 0. The molecule has 0 saturated heterocycles. The summed E-state index contributed by atoms with van der Waals surface area (Å²) >= 11 is 0. The fourth-order valence-corrected chi connectivity index (χ4v) is 6.28. The smallest absolute Gasteiger partial charge is 0.264 e. The van der Waals surface area contributed by atoms with Gasteiger partial charge in [-0.15, -0.1) is 0 Å². The lowest BCUT2D eigenvalue weighted by atomic mass is 9.87. The van der Waals surface area contributed by atoms with Crippen molar-refractivity contribution in [2.45, 2.75) is 52.0 Å². The number of hydrogen-bond donors (Lipinski definition) is 1. The van der Waals surface area contributed by atoms with Gasteiger partial charge in [0, 0.05) is 37.3 Å². The van der Waals surface area contributed by atoms with Crippen molar-refractivity contribution in [3.63, 3.8) is 0 Å². The number of likely N-dealkylation sites (N-methyl/N-ethyl adjacent to an activating group) is 2. The topological polar surface area (TPSA) is 125 Å². The first-order valence-electron chi connectivity index (χ1n) is 14.9. The van der Waals surface area contributed by atoms with Crippen LogP contribution in [0.25, 0.3) is 11.3 Å². The monoisotopic (exact) mass is 636 g/mol.